The lowest BCUT2D eigenvalue weighted by atomic mass is 10.1. The Labute approximate surface area is 141 Å². The third-order valence-corrected chi connectivity index (χ3v) is 4.14. The van der Waals surface area contributed by atoms with Crippen LogP contribution in [0.15, 0.2) is 54.6 Å². The van der Waals surface area contributed by atoms with Crippen molar-refractivity contribution in [2.75, 3.05) is 11.9 Å². The predicted octanol–water partition coefficient (Wildman–Crippen LogP) is 3.60. The van der Waals surface area contributed by atoms with Crippen LogP contribution in [0.5, 0.6) is 5.75 Å². The van der Waals surface area contributed by atoms with E-state index in [1.54, 1.807) is 24.3 Å². The van der Waals surface area contributed by atoms with E-state index >= 15 is 0 Å². The Morgan fingerprint density at radius 1 is 1.08 bits per heavy atom. The molecule has 1 heterocycles. The average molecular weight is 324 g/mol. The number of benzene rings is 2. The monoisotopic (exact) mass is 324 g/mol. The van der Waals surface area contributed by atoms with Crippen LogP contribution < -0.4 is 10.1 Å². The first-order valence-electron chi connectivity index (χ1n) is 8.05. The van der Waals surface area contributed by atoms with Crippen molar-refractivity contribution in [2.45, 2.75) is 25.8 Å². The summed E-state index contributed by atoms with van der Waals surface area (Å²) in [7, 11) is 0. The van der Waals surface area contributed by atoms with Crippen LogP contribution in [0.2, 0.25) is 0 Å². The number of likely N-dealkylation sites (tertiary alicyclic amines) is 1. The van der Waals surface area contributed by atoms with E-state index in [9.17, 15) is 9.59 Å². The fourth-order valence-electron chi connectivity index (χ4n) is 2.83. The van der Waals surface area contributed by atoms with Crippen molar-refractivity contribution in [3.05, 3.63) is 60.2 Å². The standard InChI is InChI=1S/C19H20N2O3/c1-14-8-5-6-11-16(14)20-18(22)17-12-7-13-21(17)19(23)24-15-9-3-2-4-10-15/h2-6,8-11,17H,7,12-13H2,1H3,(H,20,22)/t17-/m1/s1. The number of para-hydroxylation sites is 2. The number of anilines is 1. The van der Waals surface area contributed by atoms with Crippen molar-refractivity contribution in [3.8, 4) is 5.75 Å². The van der Waals surface area contributed by atoms with Gasteiger partial charge >= 0.3 is 6.09 Å². The molecule has 1 N–H and O–H groups in total. The summed E-state index contributed by atoms with van der Waals surface area (Å²) in [6.45, 7) is 2.46. The number of aryl methyl sites for hydroxylation is 1. The van der Waals surface area contributed by atoms with Gasteiger partial charge in [-0.15, -0.1) is 0 Å². The molecule has 0 saturated carbocycles. The summed E-state index contributed by atoms with van der Waals surface area (Å²) in [5.41, 5.74) is 1.76. The number of carbonyl (C=O) groups is 2. The topological polar surface area (TPSA) is 58.6 Å². The molecule has 2 aromatic carbocycles. The van der Waals surface area contributed by atoms with Gasteiger partial charge in [0.1, 0.15) is 11.8 Å². The van der Waals surface area contributed by atoms with Gasteiger partial charge in [0.2, 0.25) is 5.91 Å². The molecule has 2 aromatic rings. The fraction of sp³-hybridized carbons (Fsp3) is 0.263. The lowest BCUT2D eigenvalue weighted by Crippen LogP contribution is -2.44. The van der Waals surface area contributed by atoms with E-state index in [2.05, 4.69) is 5.32 Å². The highest BCUT2D eigenvalue weighted by molar-refractivity contribution is 5.97. The van der Waals surface area contributed by atoms with Crippen LogP contribution in [0.25, 0.3) is 0 Å². The number of hydrogen-bond acceptors (Lipinski definition) is 3. The molecule has 0 radical (unpaired) electrons. The maximum absolute atomic E-state index is 12.6. The van der Waals surface area contributed by atoms with Gasteiger partial charge in [-0.3, -0.25) is 9.69 Å². The molecule has 1 aliphatic heterocycles. The van der Waals surface area contributed by atoms with Gasteiger partial charge in [-0.25, -0.2) is 4.79 Å². The minimum absolute atomic E-state index is 0.174. The van der Waals surface area contributed by atoms with E-state index in [-0.39, 0.29) is 5.91 Å². The second kappa shape index (κ2) is 7.17. The van der Waals surface area contributed by atoms with Crippen LogP contribution in [0.1, 0.15) is 18.4 Å². The maximum atomic E-state index is 12.6. The average Bonchev–Trinajstić information content (AvgIpc) is 3.08. The second-order valence-electron chi connectivity index (χ2n) is 5.84. The zero-order valence-corrected chi connectivity index (χ0v) is 13.6. The first-order valence-corrected chi connectivity index (χ1v) is 8.05. The smallest absolute Gasteiger partial charge is 0.410 e. The minimum Gasteiger partial charge on any atom is -0.410 e. The predicted molar refractivity (Wildman–Crippen MR) is 92.0 cm³/mol. The Bertz CT molecular complexity index is 730. The summed E-state index contributed by atoms with van der Waals surface area (Å²) in [5, 5.41) is 2.91. The molecule has 1 atom stereocenters. The third kappa shape index (κ3) is 3.56. The molecule has 0 spiro atoms. The van der Waals surface area contributed by atoms with E-state index in [0.717, 1.165) is 17.7 Å². The van der Waals surface area contributed by atoms with E-state index in [1.807, 2.05) is 37.3 Å². The molecule has 0 bridgehead atoms. The molecular weight excluding hydrogens is 304 g/mol. The van der Waals surface area contributed by atoms with Gasteiger partial charge in [0, 0.05) is 12.2 Å². The number of ether oxygens (including phenoxy) is 1. The lowest BCUT2D eigenvalue weighted by molar-refractivity contribution is -0.119. The summed E-state index contributed by atoms with van der Waals surface area (Å²) >= 11 is 0. The van der Waals surface area contributed by atoms with Crippen LogP contribution in [-0.4, -0.2) is 29.5 Å². The van der Waals surface area contributed by atoms with Crippen molar-refractivity contribution in [1.29, 1.82) is 0 Å². The van der Waals surface area contributed by atoms with Crippen molar-refractivity contribution in [1.82, 2.24) is 4.90 Å². The quantitative estimate of drug-likeness (QED) is 0.938. The molecule has 5 heteroatoms. The lowest BCUT2D eigenvalue weighted by Gasteiger charge is -2.23. The SMILES string of the molecule is Cc1ccccc1NC(=O)[C@H]1CCCN1C(=O)Oc1ccccc1. The van der Waals surface area contributed by atoms with E-state index in [4.69, 9.17) is 4.74 Å². The molecule has 0 aromatic heterocycles. The Morgan fingerprint density at radius 3 is 2.54 bits per heavy atom. The van der Waals surface area contributed by atoms with Crippen LogP contribution in [0, 0.1) is 6.92 Å². The van der Waals surface area contributed by atoms with Crippen LogP contribution >= 0.6 is 0 Å². The van der Waals surface area contributed by atoms with E-state index in [1.165, 1.54) is 4.90 Å². The van der Waals surface area contributed by atoms with E-state index in [0.29, 0.717) is 18.7 Å². The molecule has 1 fully saturated rings. The summed E-state index contributed by atoms with van der Waals surface area (Å²) in [5.74, 6) is 0.305. The van der Waals surface area contributed by atoms with Crippen LogP contribution in [-0.2, 0) is 4.79 Å². The third-order valence-electron chi connectivity index (χ3n) is 4.14. The van der Waals surface area contributed by atoms with Crippen LogP contribution in [0.4, 0.5) is 10.5 Å². The Kier molecular flexibility index (Phi) is 4.79. The number of nitrogens with one attached hydrogen (secondary N) is 1. The normalized spacial score (nSPS) is 16.7. The molecule has 0 aliphatic carbocycles. The highest BCUT2D eigenvalue weighted by Gasteiger charge is 2.35. The molecule has 3 rings (SSSR count). The van der Waals surface area contributed by atoms with E-state index < -0.39 is 12.1 Å². The zero-order valence-electron chi connectivity index (χ0n) is 13.6. The summed E-state index contributed by atoms with van der Waals surface area (Å²) in [4.78, 5) is 26.4. The fourth-order valence-corrected chi connectivity index (χ4v) is 2.83. The maximum Gasteiger partial charge on any atom is 0.415 e. The molecular formula is C19H20N2O3. The largest absolute Gasteiger partial charge is 0.415 e. The summed E-state index contributed by atoms with van der Waals surface area (Å²) in [6, 6.07) is 16.0. The highest BCUT2D eigenvalue weighted by atomic mass is 16.6. The van der Waals surface area contributed by atoms with Crippen molar-refractivity contribution in [2.24, 2.45) is 0 Å². The van der Waals surface area contributed by atoms with Crippen LogP contribution in [0.3, 0.4) is 0 Å². The van der Waals surface area contributed by atoms with Gasteiger partial charge in [0.15, 0.2) is 0 Å². The Balaban J connectivity index is 1.67. The van der Waals surface area contributed by atoms with Gasteiger partial charge in [0.25, 0.3) is 0 Å². The van der Waals surface area contributed by atoms with Crippen molar-refractivity contribution >= 4 is 17.7 Å². The molecule has 1 saturated heterocycles. The first-order chi connectivity index (χ1) is 11.6. The molecule has 124 valence electrons. The van der Waals surface area contributed by atoms with Gasteiger partial charge in [-0.05, 0) is 43.5 Å². The molecule has 2 amide bonds. The number of hydrogen-bond donors (Lipinski definition) is 1. The minimum atomic E-state index is -0.499. The summed E-state index contributed by atoms with van der Waals surface area (Å²) < 4.78 is 5.36. The van der Waals surface area contributed by atoms with Crippen molar-refractivity contribution < 1.29 is 14.3 Å². The second-order valence-corrected chi connectivity index (χ2v) is 5.84. The number of rotatable bonds is 3. The number of amides is 2. The molecule has 24 heavy (non-hydrogen) atoms. The molecule has 0 unspecified atom stereocenters. The highest BCUT2D eigenvalue weighted by Crippen LogP contribution is 2.22. The van der Waals surface area contributed by atoms with Gasteiger partial charge < -0.3 is 10.1 Å². The Hall–Kier alpha value is -2.82. The van der Waals surface area contributed by atoms with Crippen molar-refractivity contribution in [3.63, 3.8) is 0 Å². The Morgan fingerprint density at radius 2 is 1.79 bits per heavy atom. The van der Waals surface area contributed by atoms with Gasteiger partial charge in [0.05, 0.1) is 0 Å². The number of carbonyl (C=O) groups excluding carboxylic acids is 2. The first kappa shape index (κ1) is 16.1. The zero-order chi connectivity index (χ0) is 16.9. The van der Waals surface area contributed by atoms with Gasteiger partial charge in [-0.1, -0.05) is 36.4 Å². The molecule has 1 aliphatic rings. The number of nitrogens with zero attached hydrogens (tertiary/aromatic N) is 1. The summed E-state index contributed by atoms with van der Waals surface area (Å²) in [6.07, 6.45) is 0.945. The van der Waals surface area contributed by atoms with Gasteiger partial charge in [-0.2, -0.15) is 0 Å². The molecule has 5 nitrogen and oxygen atoms in total.